The lowest BCUT2D eigenvalue weighted by Crippen LogP contribution is -2.19. The highest BCUT2D eigenvalue weighted by atomic mass is 35.5. The van der Waals surface area contributed by atoms with Gasteiger partial charge in [-0.05, 0) is 37.3 Å². The van der Waals surface area contributed by atoms with Crippen LogP contribution in [0.15, 0.2) is 0 Å². The fourth-order valence-electron chi connectivity index (χ4n) is 1.28. The minimum atomic E-state index is -0.702. The van der Waals surface area contributed by atoms with Crippen LogP contribution >= 0.6 is 11.6 Å². The summed E-state index contributed by atoms with van der Waals surface area (Å²) < 4.78 is 12.5. The summed E-state index contributed by atoms with van der Waals surface area (Å²) in [6.07, 6.45) is 1.56. The summed E-state index contributed by atoms with van der Waals surface area (Å²) in [7, 11) is 0. The van der Waals surface area contributed by atoms with Crippen molar-refractivity contribution < 1.29 is 9.18 Å². The second kappa shape index (κ2) is 3.33. The fraction of sp³-hybridized carbons (Fsp3) is 0.857. The lowest BCUT2D eigenvalue weighted by molar-refractivity contribution is -0.116. The van der Waals surface area contributed by atoms with Gasteiger partial charge < -0.3 is 0 Å². The van der Waals surface area contributed by atoms with Crippen molar-refractivity contribution in [3.8, 4) is 0 Å². The zero-order valence-electron chi connectivity index (χ0n) is 5.65. The molecule has 1 nitrogen and oxygen atoms in total. The van der Waals surface area contributed by atoms with Gasteiger partial charge in [0, 0.05) is 5.92 Å². The Hall–Kier alpha value is -0.110. The van der Waals surface area contributed by atoms with Crippen molar-refractivity contribution in [3.63, 3.8) is 0 Å². The van der Waals surface area contributed by atoms with E-state index < -0.39 is 6.17 Å². The fourth-order valence-corrected chi connectivity index (χ4v) is 1.50. The number of carbonyl (C=O) groups excluding carboxylic acids is 1. The van der Waals surface area contributed by atoms with Gasteiger partial charge in [0.2, 0.25) is 5.24 Å². The van der Waals surface area contributed by atoms with E-state index in [-0.39, 0.29) is 11.2 Å². The van der Waals surface area contributed by atoms with Crippen LogP contribution in [0, 0.1) is 5.92 Å². The molecule has 1 aliphatic rings. The van der Waals surface area contributed by atoms with Gasteiger partial charge in [0.05, 0.1) is 0 Å². The van der Waals surface area contributed by atoms with E-state index in [1.165, 1.54) is 0 Å². The third-order valence-corrected chi connectivity index (χ3v) is 2.29. The molecular formula is C7H10ClFO. The highest BCUT2D eigenvalue weighted by Crippen LogP contribution is 2.27. The van der Waals surface area contributed by atoms with Crippen molar-refractivity contribution in [2.75, 3.05) is 0 Å². The summed E-state index contributed by atoms with van der Waals surface area (Å²) in [5.74, 6) is -0.0753. The zero-order valence-corrected chi connectivity index (χ0v) is 6.40. The normalized spacial score (nSPS) is 33.8. The summed E-state index contributed by atoms with van der Waals surface area (Å²) in [6.45, 7) is 0. The Morgan fingerprint density at radius 3 is 2.20 bits per heavy atom. The Bertz CT molecular complexity index is 130. The molecule has 0 spiro atoms. The average Bonchev–Trinajstić information content (AvgIpc) is 1.88. The molecule has 0 aromatic heterocycles. The SMILES string of the molecule is O=C(Cl)C1CCC(F)CC1. The first-order chi connectivity index (χ1) is 4.70. The Balaban J connectivity index is 2.33. The Kier molecular flexibility index (Phi) is 2.66. The van der Waals surface area contributed by atoms with E-state index in [9.17, 15) is 9.18 Å². The zero-order chi connectivity index (χ0) is 7.56. The maximum absolute atomic E-state index is 12.5. The van der Waals surface area contributed by atoms with Gasteiger partial charge in [0.15, 0.2) is 0 Å². The Morgan fingerprint density at radius 1 is 1.30 bits per heavy atom. The van der Waals surface area contributed by atoms with Gasteiger partial charge in [-0.25, -0.2) is 4.39 Å². The second-order valence-electron chi connectivity index (χ2n) is 2.75. The lowest BCUT2D eigenvalue weighted by atomic mass is 9.89. The molecule has 0 bridgehead atoms. The van der Waals surface area contributed by atoms with E-state index in [1.54, 1.807) is 0 Å². The quantitative estimate of drug-likeness (QED) is 0.544. The predicted molar refractivity (Wildman–Crippen MR) is 37.7 cm³/mol. The van der Waals surface area contributed by atoms with Gasteiger partial charge in [0.1, 0.15) is 6.17 Å². The molecule has 0 aliphatic heterocycles. The van der Waals surface area contributed by atoms with Crippen molar-refractivity contribution in [1.29, 1.82) is 0 Å². The molecule has 58 valence electrons. The largest absolute Gasteiger partial charge is 0.281 e. The Labute approximate surface area is 64.6 Å². The smallest absolute Gasteiger partial charge is 0.224 e. The minimum Gasteiger partial charge on any atom is -0.281 e. The van der Waals surface area contributed by atoms with Crippen LogP contribution in [-0.2, 0) is 4.79 Å². The van der Waals surface area contributed by atoms with Crippen LogP contribution in [0.25, 0.3) is 0 Å². The monoisotopic (exact) mass is 164 g/mol. The molecular weight excluding hydrogens is 155 g/mol. The maximum atomic E-state index is 12.5. The Morgan fingerprint density at radius 2 is 1.80 bits per heavy atom. The van der Waals surface area contributed by atoms with Crippen molar-refractivity contribution in [3.05, 3.63) is 0 Å². The first kappa shape index (κ1) is 7.99. The molecule has 0 amide bonds. The molecule has 0 N–H and O–H groups in total. The molecule has 1 saturated carbocycles. The number of hydrogen-bond acceptors (Lipinski definition) is 1. The third kappa shape index (κ3) is 1.94. The average molecular weight is 165 g/mol. The highest BCUT2D eigenvalue weighted by molar-refractivity contribution is 6.63. The number of halogens is 2. The summed E-state index contributed by atoms with van der Waals surface area (Å²) in [5, 5.41) is -0.299. The van der Waals surface area contributed by atoms with Crippen LogP contribution in [0.4, 0.5) is 4.39 Å². The van der Waals surface area contributed by atoms with Crippen LogP contribution in [0.1, 0.15) is 25.7 Å². The standard InChI is InChI=1S/C7H10ClFO/c8-7(10)5-1-3-6(9)4-2-5/h5-6H,1-4H2. The summed E-state index contributed by atoms with van der Waals surface area (Å²) in [5.41, 5.74) is 0. The van der Waals surface area contributed by atoms with E-state index in [2.05, 4.69) is 0 Å². The molecule has 0 radical (unpaired) electrons. The number of hydrogen-bond donors (Lipinski definition) is 0. The summed E-state index contributed by atoms with van der Waals surface area (Å²) in [4.78, 5) is 10.5. The summed E-state index contributed by atoms with van der Waals surface area (Å²) in [6, 6.07) is 0. The van der Waals surface area contributed by atoms with Gasteiger partial charge in [0.25, 0.3) is 0 Å². The molecule has 0 heterocycles. The van der Waals surface area contributed by atoms with Crippen LogP contribution < -0.4 is 0 Å². The molecule has 1 fully saturated rings. The van der Waals surface area contributed by atoms with Crippen molar-refractivity contribution in [1.82, 2.24) is 0 Å². The molecule has 1 rings (SSSR count). The lowest BCUT2D eigenvalue weighted by Gasteiger charge is -2.20. The third-order valence-electron chi connectivity index (χ3n) is 1.98. The van der Waals surface area contributed by atoms with Crippen LogP contribution in [0.2, 0.25) is 0 Å². The van der Waals surface area contributed by atoms with Gasteiger partial charge >= 0.3 is 0 Å². The first-order valence-electron chi connectivity index (χ1n) is 3.53. The molecule has 0 saturated heterocycles. The molecule has 0 atom stereocenters. The van der Waals surface area contributed by atoms with Crippen LogP contribution in [-0.4, -0.2) is 11.4 Å². The van der Waals surface area contributed by atoms with E-state index in [0.717, 1.165) is 0 Å². The van der Waals surface area contributed by atoms with Gasteiger partial charge in [-0.3, -0.25) is 4.79 Å². The predicted octanol–water partition coefficient (Wildman–Crippen LogP) is 2.28. The molecule has 0 unspecified atom stereocenters. The topological polar surface area (TPSA) is 17.1 Å². The number of rotatable bonds is 1. The van der Waals surface area contributed by atoms with Crippen molar-refractivity contribution >= 4 is 16.8 Å². The number of carbonyl (C=O) groups is 1. The first-order valence-corrected chi connectivity index (χ1v) is 3.91. The molecule has 10 heavy (non-hydrogen) atoms. The minimum absolute atomic E-state index is 0.0753. The van der Waals surface area contributed by atoms with Crippen molar-refractivity contribution in [2.24, 2.45) is 5.92 Å². The van der Waals surface area contributed by atoms with E-state index in [0.29, 0.717) is 25.7 Å². The van der Waals surface area contributed by atoms with Crippen LogP contribution in [0.3, 0.4) is 0 Å². The number of alkyl halides is 1. The molecule has 0 aromatic rings. The van der Waals surface area contributed by atoms with Gasteiger partial charge in [-0.2, -0.15) is 0 Å². The summed E-state index contributed by atoms with van der Waals surface area (Å²) >= 11 is 5.24. The van der Waals surface area contributed by atoms with Crippen LogP contribution in [0.5, 0.6) is 0 Å². The maximum Gasteiger partial charge on any atom is 0.224 e. The van der Waals surface area contributed by atoms with E-state index in [4.69, 9.17) is 11.6 Å². The van der Waals surface area contributed by atoms with Gasteiger partial charge in [-0.15, -0.1) is 0 Å². The van der Waals surface area contributed by atoms with Crippen molar-refractivity contribution in [2.45, 2.75) is 31.9 Å². The van der Waals surface area contributed by atoms with E-state index in [1.807, 2.05) is 0 Å². The highest BCUT2D eigenvalue weighted by Gasteiger charge is 2.24. The van der Waals surface area contributed by atoms with Gasteiger partial charge in [-0.1, -0.05) is 0 Å². The second-order valence-corrected chi connectivity index (χ2v) is 3.13. The molecule has 1 aliphatic carbocycles. The molecule has 0 aromatic carbocycles. The molecule has 3 heteroatoms. The van der Waals surface area contributed by atoms with E-state index >= 15 is 0 Å².